The molecule has 0 spiro atoms. The highest BCUT2D eigenvalue weighted by atomic mass is 32.2. The second-order valence-electron chi connectivity index (χ2n) is 5.32. The molecule has 0 unspecified atom stereocenters. The molecule has 2 heterocycles. The Morgan fingerprint density at radius 1 is 1.41 bits per heavy atom. The van der Waals surface area contributed by atoms with Crippen LogP contribution in [0.1, 0.15) is 19.8 Å². The summed E-state index contributed by atoms with van der Waals surface area (Å²) < 4.78 is 28.7. The van der Waals surface area contributed by atoms with Gasteiger partial charge in [-0.25, -0.2) is 17.8 Å². The van der Waals surface area contributed by atoms with E-state index in [4.69, 9.17) is 0 Å². The highest BCUT2D eigenvalue weighted by Crippen LogP contribution is 2.30. The average molecular weight is 339 g/mol. The predicted molar refractivity (Wildman–Crippen MR) is 85.4 cm³/mol. The van der Waals surface area contributed by atoms with E-state index in [2.05, 4.69) is 9.82 Å². The first-order valence-electron chi connectivity index (χ1n) is 7.16. The minimum atomic E-state index is -3.45. The Morgan fingerprint density at radius 2 is 2.18 bits per heavy atom. The topological polar surface area (TPSA) is 81.1 Å². The summed E-state index contributed by atoms with van der Waals surface area (Å²) in [5.74, 6) is 0.490. The lowest BCUT2D eigenvalue weighted by Gasteiger charge is -2.03. The molecule has 1 fully saturated rings. The number of nitrogens with one attached hydrogen (secondary N) is 1. The Labute approximate surface area is 132 Å². The maximum atomic E-state index is 12.2. The number of sulfonamides is 1. The molecule has 2 aromatic heterocycles. The number of aromatic nitrogens is 2. The zero-order valence-electron chi connectivity index (χ0n) is 12.2. The van der Waals surface area contributed by atoms with Gasteiger partial charge in [-0.2, -0.15) is 5.10 Å². The third-order valence-electron chi connectivity index (χ3n) is 3.56. The molecule has 8 heteroatoms. The molecule has 118 valence electrons. The molecule has 6 nitrogen and oxygen atoms in total. The number of thiophene rings is 1. The number of nitrogens with zero attached hydrogens (tertiary/aromatic N) is 2. The zero-order valence-corrected chi connectivity index (χ0v) is 13.8. The van der Waals surface area contributed by atoms with Gasteiger partial charge in [-0.1, -0.05) is 0 Å². The maximum Gasteiger partial charge on any atom is 0.266 e. The van der Waals surface area contributed by atoms with Crippen LogP contribution in [0.2, 0.25) is 0 Å². The van der Waals surface area contributed by atoms with Crippen molar-refractivity contribution in [2.24, 2.45) is 5.92 Å². The average Bonchev–Trinajstić information content (AvgIpc) is 3.20. The summed E-state index contributed by atoms with van der Waals surface area (Å²) in [5, 5.41) is 5.98. The summed E-state index contributed by atoms with van der Waals surface area (Å²) in [6.07, 6.45) is 2.20. The van der Waals surface area contributed by atoms with Gasteiger partial charge in [0.2, 0.25) is 10.0 Å². The summed E-state index contributed by atoms with van der Waals surface area (Å²) in [7, 11) is -3.45. The third-order valence-corrected chi connectivity index (χ3v) is 6.42. The summed E-state index contributed by atoms with van der Waals surface area (Å²) >= 11 is 1.16. The number of aryl methyl sites for hydroxylation is 1. The first-order chi connectivity index (χ1) is 10.5. The first-order valence-corrected chi connectivity index (χ1v) is 9.52. The van der Waals surface area contributed by atoms with E-state index in [9.17, 15) is 13.2 Å². The quantitative estimate of drug-likeness (QED) is 0.868. The van der Waals surface area contributed by atoms with Gasteiger partial charge in [0.05, 0.1) is 5.69 Å². The molecule has 0 amide bonds. The Bertz CT molecular complexity index is 835. The molecule has 0 atom stereocenters. The molecular weight excluding hydrogens is 322 g/mol. The van der Waals surface area contributed by atoms with Gasteiger partial charge in [0.25, 0.3) is 5.56 Å². The largest absolute Gasteiger partial charge is 0.268 e. The van der Waals surface area contributed by atoms with E-state index in [0.717, 1.165) is 24.2 Å². The molecule has 1 N–H and O–H groups in total. The van der Waals surface area contributed by atoms with Crippen LogP contribution in [0.15, 0.2) is 32.6 Å². The van der Waals surface area contributed by atoms with E-state index < -0.39 is 10.0 Å². The van der Waals surface area contributed by atoms with Crippen LogP contribution in [0.4, 0.5) is 0 Å². The molecule has 3 rings (SSSR count). The van der Waals surface area contributed by atoms with E-state index in [1.165, 1.54) is 10.7 Å². The number of hydrogen-bond acceptors (Lipinski definition) is 5. The highest BCUT2D eigenvalue weighted by molar-refractivity contribution is 7.91. The van der Waals surface area contributed by atoms with Crippen LogP contribution in [-0.2, 0) is 16.6 Å². The van der Waals surface area contributed by atoms with Crippen molar-refractivity contribution < 1.29 is 8.42 Å². The molecule has 0 radical (unpaired) electrons. The number of rotatable bonds is 6. The minimum Gasteiger partial charge on any atom is -0.268 e. The van der Waals surface area contributed by atoms with Crippen LogP contribution in [0, 0.1) is 5.92 Å². The summed E-state index contributed by atoms with van der Waals surface area (Å²) in [6, 6.07) is 4.67. The van der Waals surface area contributed by atoms with Crippen molar-refractivity contribution in [3.8, 4) is 11.3 Å². The van der Waals surface area contributed by atoms with E-state index >= 15 is 0 Å². The van der Waals surface area contributed by atoms with Crippen molar-refractivity contribution in [3.05, 3.63) is 33.9 Å². The fourth-order valence-electron chi connectivity index (χ4n) is 2.04. The molecule has 0 saturated heterocycles. The standard InChI is InChI=1S/C14H17N3O3S2/c1-2-17-13(18)6-5-12(16-17)11-7-14(21-9-11)22(19,20)15-8-10-3-4-10/h5-7,9-10,15H,2-4,8H2,1H3. The fourth-order valence-corrected chi connectivity index (χ4v) is 4.38. The van der Waals surface area contributed by atoms with Crippen LogP contribution in [0.5, 0.6) is 0 Å². The van der Waals surface area contributed by atoms with Gasteiger partial charge >= 0.3 is 0 Å². The van der Waals surface area contributed by atoms with E-state index in [1.807, 2.05) is 6.92 Å². The lowest BCUT2D eigenvalue weighted by Crippen LogP contribution is -2.25. The van der Waals surface area contributed by atoms with E-state index in [0.29, 0.717) is 30.3 Å². The molecule has 0 aliphatic heterocycles. The van der Waals surface area contributed by atoms with Crippen molar-refractivity contribution in [1.29, 1.82) is 0 Å². The van der Waals surface area contributed by atoms with Crippen LogP contribution in [0.25, 0.3) is 11.3 Å². The molecule has 0 bridgehead atoms. The van der Waals surface area contributed by atoms with Crippen molar-refractivity contribution in [1.82, 2.24) is 14.5 Å². The van der Waals surface area contributed by atoms with Crippen molar-refractivity contribution in [3.63, 3.8) is 0 Å². The Hall–Kier alpha value is -1.51. The van der Waals surface area contributed by atoms with Gasteiger partial charge in [-0.05, 0) is 37.8 Å². The summed E-state index contributed by atoms with van der Waals surface area (Å²) in [4.78, 5) is 11.6. The second kappa shape index (κ2) is 5.94. The molecule has 1 aliphatic carbocycles. The first kappa shape index (κ1) is 15.4. The Morgan fingerprint density at radius 3 is 2.86 bits per heavy atom. The molecule has 1 saturated carbocycles. The van der Waals surface area contributed by atoms with Gasteiger partial charge < -0.3 is 0 Å². The van der Waals surface area contributed by atoms with Crippen molar-refractivity contribution >= 4 is 21.4 Å². The highest BCUT2D eigenvalue weighted by Gasteiger charge is 2.25. The van der Waals surface area contributed by atoms with Gasteiger partial charge in [0, 0.05) is 30.1 Å². The SMILES string of the molecule is CCn1nc(-c2csc(S(=O)(=O)NCC3CC3)c2)ccc1=O. The zero-order chi connectivity index (χ0) is 15.7. The summed E-state index contributed by atoms with van der Waals surface area (Å²) in [5.41, 5.74) is 1.14. The van der Waals surface area contributed by atoms with Gasteiger partial charge in [-0.3, -0.25) is 4.79 Å². The fraction of sp³-hybridized carbons (Fsp3) is 0.429. The Balaban J connectivity index is 1.85. The van der Waals surface area contributed by atoms with E-state index in [1.54, 1.807) is 17.5 Å². The molecule has 22 heavy (non-hydrogen) atoms. The molecule has 2 aromatic rings. The third kappa shape index (κ3) is 3.29. The van der Waals surface area contributed by atoms with Crippen LogP contribution < -0.4 is 10.3 Å². The van der Waals surface area contributed by atoms with Crippen LogP contribution in [0.3, 0.4) is 0 Å². The lowest BCUT2D eigenvalue weighted by molar-refractivity contribution is 0.579. The van der Waals surface area contributed by atoms with Crippen molar-refractivity contribution in [2.75, 3.05) is 6.54 Å². The molecular formula is C14H17N3O3S2. The van der Waals surface area contributed by atoms with Crippen LogP contribution in [-0.4, -0.2) is 24.7 Å². The Kier molecular flexibility index (Phi) is 4.16. The maximum absolute atomic E-state index is 12.2. The minimum absolute atomic E-state index is 0.166. The van der Waals surface area contributed by atoms with Gasteiger partial charge in [-0.15, -0.1) is 11.3 Å². The monoisotopic (exact) mass is 339 g/mol. The van der Waals surface area contributed by atoms with Crippen LogP contribution >= 0.6 is 11.3 Å². The predicted octanol–water partition coefficient (Wildman–Crippen LogP) is 1.68. The normalized spacial score (nSPS) is 15.1. The molecule has 0 aromatic carbocycles. The van der Waals surface area contributed by atoms with Gasteiger partial charge in [0.15, 0.2) is 0 Å². The van der Waals surface area contributed by atoms with E-state index in [-0.39, 0.29) is 9.77 Å². The smallest absolute Gasteiger partial charge is 0.266 e. The molecule has 1 aliphatic rings. The van der Waals surface area contributed by atoms with Gasteiger partial charge in [0.1, 0.15) is 4.21 Å². The van der Waals surface area contributed by atoms with Crippen molar-refractivity contribution in [2.45, 2.75) is 30.5 Å². The lowest BCUT2D eigenvalue weighted by atomic mass is 10.2. The second-order valence-corrected chi connectivity index (χ2v) is 8.23. The number of hydrogen-bond donors (Lipinski definition) is 1. The summed E-state index contributed by atoms with van der Waals surface area (Å²) in [6.45, 7) is 2.82.